The molecule has 0 aliphatic heterocycles. The van der Waals surface area contributed by atoms with E-state index in [4.69, 9.17) is 23.2 Å². The number of rotatable bonds is 6. The lowest BCUT2D eigenvalue weighted by Gasteiger charge is -2.13. The molecule has 1 amide bonds. The van der Waals surface area contributed by atoms with Crippen molar-refractivity contribution in [1.82, 2.24) is 14.9 Å². The van der Waals surface area contributed by atoms with Crippen LogP contribution in [-0.4, -0.2) is 27.3 Å². The van der Waals surface area contributed by atoms with Gasteiger partial charge in [-0.05, 0) is 45.0 Å². The lowest BCUT2D eigenvalue weighted by atomic mass is 10.1. The van der Waals surface area contributed by atoms with Crippen molar-refractivity contribution in [1.29, 1.82) is 0 Å². The van der Waals surface area contributed by atoms with E-state index in [1.807, 2.05) is 61.7 Å². The second-order valence-corrected chi connectivity index (χ2v) is 8.49. The summed E-state index contributed by atoms with van der Waals surface area (Å²) >= 11 is 13.7. The van der Waals surface area contributed by atoms with Crippen LogP contribution in [0.3, 0.4) is 0 Å². The maximum absolute atomic E-state index is 12.1. The first-order valence-electron chi connectivity index (χ1n) is 8.87. The fourth-order valence-corrected chi connectivity index (χ4v) is 3.83. The molecule has 0 unspecified atom stereocenters. The van der Waals surface area contributed by atoms with E-state index < -0.39 is 0 Å². The Balaban J connectivity index is 2.00. The summed E-state index contributed by atoms with van der Waals surface area (Å²) in [5, 5.41) is 4.64. The Morgan fingerprint density at radius 2 is 1.86 bits per heavy atom. The van der Waals surface area contributed by atoms with Gasteiger partial charge in [0, 0.05) is 17.3 Å². The van der Waals surface area contributed by atoms with Crippen LogP contribution in [0.15, 0.2) is 53.8 Å². The minimum atomic E-state index is -0.0189. The Labute approximate surface area is 179 Å². The highest BCUT2D eigenvalue weighted by Gasteiger charge is 2.16. The fraction of sp³-hybridized carbons (Fsp3) is 0.238. The molecule has 0 radical (unpaired) electrons. The molecule has 4 nitrogen and oxygen atoms in total. The summed E-state index contributed by atoms with van der Waals surface area (Å²) in [6.45, 7) is 5.93. The largest absolute Gasteiger partial charge is 0.353 e. The van der Waals surface area contributed by atoms with E-state index in [9.17, 15) is 4.79 Å². The minimum Gasteiger partial charge on any atom is -0.353 e. The number of thioether (sulfide) groups is 1. The van der Waals surface area contributed by atoms with Crippen LogP contribution in [0.2, 0.25) is 10.0 Å². The van der Waals surface area contributed by atoms with E-state index in [2.05, 4.69) is 10.3 Å². The van der Waals surface area contributed by atoms with Crippen LogP contribution in [0.25, 0.3) is 16.9 Å². The van der Waals surface area contributed by atoms with Crippen molar-refractivity contribution < 1.29 is 4.79 Å². The van der Waals surface area contributed by atoms with Crippen molar-refractivity contribution in [2.75, 3.05) is 5.75 Å². The van der Waals surface area contributed by atoms with Gasteiger partial charge in [-0.2, -0.15) is 0 Å². The van der Waals surface area contributed by atoms with Crippen LogP contribution in [0.1, 0.15) is 19.4 Å². The zero-order valence-electron chi connectivity index (χ0n) is 15.9. The van der Waals surface area contributed by atoms with Gasteiger partial charge in [-0.1, -0.05) is 58.7 Å². The van der Waals surface area contributed by atoms with Crippen LogP contribution in [0.5, 0.6) is 0 Å². The third kappa shape index (κ3) is 4.90. The molecule has 1 heterocycles. The monoisotopic (exact) mass is 433 g/mol. The number of nitrogens with one attached hydrogen (secondary N) is 1. The average Bonchev–Trinajstić information content (AvgIpc) is 3.06. The molecule has 1 N–H and O–H groups in total. The van der Waals surface area contributed by atoms with Crippen molar-refractivity contribution in [3.8, 4) is 16.9 Å². The maximum Gasteiger partial charge on any atom is 0.230 e. The number of aromatic nitrogens is 2. The maximum atomic E-state index is 12.1. The van der Waals surface area contributed by atoms with E-state index in [0.29, 0.717) is 15.8 Å². The molecule has 2 aromatic carbocycles. The lowest BCUT2D eigenvalue weighted by molar-refractivity contribution is -0.119. The molecule has 3 aromatic rings. The van der Waals surface area contributed by atoms with Crippen molar-refractivity contribution in [2.24, 2.45) is 0 Å². The first kappa shape index (κ1) is 20.8. The van der Waals surface area contributed by atoms with E-state index in [1.54, 1.807) is 12.3 Å². The van der Waals surface area contributed by atoms with E-state index in [1.165, 1.54) is 17.3 Å². The van der Waals surface area contributed by atoms with Gasteiger partial charge in [0.05, 0.1) is 27.7 Å². The topological polar surface area (TPSA) is 46.9 Å². The number of imidazole rings is 1. The standard InChI is InChI=1S/C21H21Cl2N3OS/c1-13(2)25-20(27)12-28-21-24-11-19(15-6-9-17(22)18(23)10-15)26(21)16-7-4-14(3)5-8-16/h4-11,13H,12H2,1-3H3,(H,25,27). The predicted octanol–water partition coefficient (Wildman–Crippen LogP) is 5.77. The van der Waals surface area contributed by atoms with Gasteiger partial charge in [0.1, 0.15) is 0 Å². The third-order valence-corrected chi connectivity index (χ3v) is 5.71. The summed E-state index contributed by atoms with van der Waals surface area (Å²) in [5.74, 6) is 0.275. The quantitative estimate of drug-likeness (QED) is 0.501. The zero-order chi connectivity index (χ0) is 20.3. The molecule has 0 spiro atoms. The minimum absolute atomic E-state index is 0.0189. The number of amides is 1. The second kappa shape index (κ2) is 9.03. The second-order valence-electron chi connectivity index (χ2n) is 6.74. The highest BCUT2D eigenvalue weighted by Crippen LogP contribution is 2.33. The van der Waals surface area contributed by atoms with E-state index in [-0.39, 0.29) is 11.9 Å². The van der Waals surface area contributed by atoms with Gasteiger partial charge >= 0.3 is 0 Å². The fourth-order valence-electron chi connectivity index (χ4n) is 2.73. The number of aryl methyl sites for hydroxylation is 1. The summed E-state index contributed by atoms with van der Waals surface area (Å²) < 4.78 is 2.03. The van der Waals surface area contributed by atoms with Crippen molar-refractivity contribution in [3.63, 3.8) is 0 Å². The first-order chi connectivity index (χ1) is 13.3. The Bertz CT molecular complexity index is 984. The average molecular weight is 434 g/mol. The lowest BCUT2D eigenvalue weighted by Crippen LogP contribution is -2.31. The van der Waals surface area contributed by atoms with Crippen molar-refractivity contribution in [3.05, 3.63) is 64.3 Å². The Kier molecular flexibility index (Phi) is 6.70. The summed E-state index contributed by atoms with van der Waals surface area (Å²) in [4.78, 5) is 16.6. The number of carbonyl (C=O) groups is 1. The van der Waals surface area contributed by atoms with E-state index >= 15 is 0 Å². The van der Waals surface area contributed by atoms with Crippen LogP contribution in [-0.2, 0) is 4.79 Å². The SMILES string of the molecule is Cc1ccc(-n2c(-c3ccc(Cl)c(Cl)c3)cnc2SCC(=O)NC(C)C)cc1. The number of benzene rings is 2. The molecule has 0 bridgehead atoms. The molecule has 0 saturated carbocycles. The number of hydrogen-bond acceptors (Lipinski definition) is 3. The number of nitrogens with zero attached hydrogens (tertiary/aromatic N) is 2. The normalized spacial score (nSPS) is 11.1. The molecular weight excluding hydrogens is 413 g/mol. The van der Waals surface area contributed by atoms with Crippen LogP contribution >= 0.6 is 35.0 Å². The van der Waals surface area contributed by atoms with Crippen molar-refractivity contribution >= 4 is 40.9 Å². The van der Waals surface area contributed by atoms with Crippen molar-refractivity contribution in [2.45, 2.75) is 32.0 Å². The molecule has 3 rings (SSSR count). The summed E-state index contributed by atoms with van der Waals surface area (Å²) in [6, 6.07) is 13.8. The molecule has 0 aliphatic carbocycles. The summed E-state index contributed by atoms with van der Waals surface area (Å²) in [5.41, 5.74) is 3.93. The molecule has 0 fully saturated rings. The first-order valence-corrected chi connectivity index (χ1v) is 10.6. The zero-order valence-corrected chi connectivity index (χ0v) is 18.2. The number of halogens is 2. The molecule has 0 atom stereocenters. The van der Waals surface area contributed by atoms with E-state index in [0.717, 1.165) is 22.1 Å². The van der Waals surface area contributed by atoms with Gasteiger partial charge in [0.15, 0.2) is 5.16 Å². The van der Waals surface area contributed by atoms with Crippen LogP contribution in [0.4, 0.5) is 0 Å². The summed E-state index contributed by atoms with van der Waals surface area (Å²) in [6.07, 6.45) is 1.79. The Hall–Kier alpha value is -1.95. The molecule has 0 aliphatic rings. The molecule has 0 saturated heterocycles. The van der Waals surface area contributed by atoms with Gasteiger partial charge in [-0.3, -0.25) is 9.36 Å². The van der Waals surface area contributed by atoms with Gasteiger partial charge < -0.3 is 5.32 Å². The summed E-state index contributed by atoms with van der Waals surface area (Å²) in [7, 11) is 0. The Morgan fingerprint density at radius 3 is 2.50 bits per heavy atom. The highest BCUT2D eigenvalue weighted by atomic mass is 35.5. The molecule has 7 heteroatoms. The molecule has 1 aromatic heterocycles. The number of carbonyl (C=O) groups excluding carboxylic acids is 1. The van der Waals surface area contributed by atoms with Crippen LogP contribution < -0.4 is 5.32 Å². The van der Waals surface area contributed by atoms with Crippen LogP contribution in [0, 0.1) is 6.92 Å². The van der Waals surface area contributed by atoms with Gasteiger partial charge in [-0.25, -0.2) is 4.98 Å². The predicted molar refractivity (Wildman–Crippen MR) is 118 cm³/mol. The van der Waals surface area contributed by atoms with Gasteiger partial charge in [0.2, 0.25) is 5.91 Å². The molecular formula is C21H21Cl2N3OS. The van der Waals surface area contributed by atoms with Gasteiger partial charge in [-0.15, -0.1) is 0 Å². The molecule has 146 valence electrons. The number of hydrogen-bond donors (Lipinski definition) is 1. The highest BCUT2D eigenvalue weighted by molar-refractivity contribution is 7.99. The molecule has 28 heavy (non-hydrogen) atoms. The third-order valence-electron chi connectivity index (χ3n) is 4.02. The van der Waals surface area contributed by atoms with Gasteiger partial charge in [0.25, 0.3) is 0 Å². The Morgan fingerprint density at radius 1 is 1.14 bits per heavy atom. The smallest absolute Gasteiger partial charge is 0.230 e.